The number of nitrogens with zero attached hydrogens (tertiary/aromatic N) is 5. The minimum Gasteiger partial charge on any atom is -0.495 e. The summed E-state index contributed by atoms with van der Waals surface area (Å²) >= 11 is 0. The second-order valence-corrected chi connectivity index (χ2v) is 9.39. The zero-order valence-corrected chi connectivity index (χ0v) is 20.8. The van der Waals surface area contributed by atoms with E-state index in [1.165, 1.54) is 6.33 Å². The predicted molar refractivity (Wildman–Crippen MR) is 139 cm³/mol. The van der Waals surface area contributed by atoms with Crippen molar-refractivity contribution in [3.8, 4) is 22.8 Å². The zero-order valence-electron chi connectivity index (χ0n) is 20.8. The van der Waals surface area contributed by atoms with E-state index >= 15 is 0 Å². The summed E-state index contributed by atoms with van der Waals surface area (Å²) < 4.78 is 18.8. The van der Waals surface area contributed by atoms with Crippen molar-refractivity contribution in [3.05, 3.63) is 48.9 Å². The molecule has 11 nitrogen and oxygen atoms in total. The van der Waals surface area contributed by atoms with Gasteiger partial charge in [-0.25, -0.2) is 14.5 Å². The normalized spacial score (nSPS) is 16.6. The highest BCUT2D eigenvalue weighted by molar-refractivity contribution is 6.00. The Morgan fingerprint density at radius 3 is 2.78 bits per heavy atom. The van der Waals surface area contributed by atoms with E-state index in [2.05, 4.69) is 25.6 Å². The van der Waals surface area contributed by atoms with Gasteiger partial charge in [0, 0.05) is 30.4 Å². The minimum absolute atomic E-state index is 0.184. The van der Waals surface area contributed by atoms with Crippen molar-refractivity contribution in [2.24, 2.45) is 0 Å². The number of amides is 1. The van der Waals surface area contributed by atoms with E-state index in [4.69, 9.17) is 19.2 Å². The molecule has 1 saturated heterocycles. The van der Waals surface area contributed by atoms with Crippen LogP contribution >= 0.6 is 0 Å². The maximum absolute atomic E-state index is 12.2. The van der Waals surface area contributed by atoms with Gasteiger partial charge in [0.1, 0.15) is 17.8 Å². The Morgan fingerprint density at radius 1 is 1.14 bits per heavy atom. The van der Waals surface area contributed by atoms with Gasteiger partial charge < -0.3 is 29.7 Å². The summed E-state index contributed by atoms with van der Waals surface area (Å²) in [5.41, 5.74) is 3.55. The van der Waals surface area contributed by atoms with Crippen LogP contribution in [0.15, 0.2) is 48.9 Å². The van der Waals surface area contributed by atoms with E-state index < -0.39 is 5.60 Å². The van der Waals surface area contributed by atoms with Crippen LogP contribution in [0.25, 0.3) is 16.9 Å². The average molecular weight is 502 g/mol. The lowest BCUT2D eigenvalue weighted by molar-refractivity contribution is -0.129. The highest BCUT2D eigenvalue weighted by Crippen LogP contribution is 2.37. The first kappa shape index (κ1) is 23.0. The molecule has 4 aromatic rings. The number of hydrogen-bond acceptors (Lipinski definition) is 9. The van der Waals surface area contributed by atoms with Crippen LogP contribution < -0.4 is 25.0 Å². The van der Waals surface area contributed by atoms with Crippen LogP contribution in [0.1, 0.15) is 13.8 Å². The van der Waals surface area contributed by atoms with Gasteiger partial charge in [-0.1, -0.05) is 6.07 Å². The lowest BCUT2D eigenvalue weighted by atomic mass is 10.0. The van der Waals surface area contributed by atoms with Crippen molar-refractivity contribution < 1.29 is 19.0 Å². The van der Waals surface area contributed by atoms with Crippen LogP contribution in [0.4, 0.5) is 22.9 Å². The quantitative estimate of drug-likeness (QED) is 0.424. The van der Waals surface area contributed by atoms with Crippen LogP contribution in [-0.4, -0.2) is 64.5 Å². The Bertz CT molecular complexity index is 1490. The molecule has 190 valence electrons. The molecule has 37 heavy (non-hydrogen) atoms. The molecule has 2 aromatic heterocycles. The summed E-state index contributed by atoms with van der Waals surface area (Å²) in [5, 5.41) is 10.6. The lowest BCUT2D eigenvalue weighted by Gasteiger charge is -2.31. The number of benzene rings is 2. The first-order valence-corrected chi connectivity index (χ1v) is 12.0. The topological polar surface area (TPSA) is 115 Å². The van der Waals surface area contributed by atoms with E-state index in [1.807, 2.05) is 42.6 Å². The number of rotatable bonds is 5. The van der Waals surface area contributed by atoms with Crippen LogP contribution in [0, 0.1) is 0 Å². The molecular formula is C26H27N7O4. The van der Waals surface area contributed by atoms with Crippen molar-refractivity contribution in [2.45, 2.75) is 19.4 Å². The third-order valence-electron chi connectivity index (χ3n) is 6.49. The Morgan fingerprint density at radius 2 is 1.97 bits per heavy atom. The molecule has 2 aliphatic heterocycles. The Kier molecular flexibility index (Phi) is 5.56. The molecule has 4 heterocycles. The fraction of sp³-hybridized carbons (Fsp3) is 0.308. The van der Waals surface area contributed by atoms with E-state index in [-0.39, 0.29) is 5.91 Å². The van der Waals surface area contributed by atoms with Crippen molar-refractivity contribution in [2.75, 3.05) is 48.9 Å². The number of aromatic nitrogens is 4. The molecule has 0 unspecified atom stereocenters. The van der Waals surface area contributed by atoms with E-state index in [9.17, 15) is 4.79 Å². The molecule has 0 radical (unpaired) electrons. The van der Waals surface area contributed by atoms with Crippen molar-refractivity contribution >= 4 is 34.4 Å². The molecule has 1 amide bonds. The largest absolute Gasteiger partial charge is 0.495 e. The number of methoxy groups -OCH3 is 1. The maximum atomic E-state index is 12.2. The average Bonchev–Trinajstić information content (AvgIpc) is 3.38. The van der Waals surface area contributed by atoms with Gasteiger partial charge in [-0.3, -0.25) is 4.79 Å². The number of anilines is 4. The second kappa shape index (κ2) is 8.93. The van der Waals surface area contributed by atoms with Crippen molar-refractivity contribution in [3.63, 3.8) is 0 Å². The number of fused-ring (bicyclic) bond motifs is 2. The van der Waals surface area contributed by atoms with Gasteiger partial charge in [-0.2, -0.15) is 5.10 Å². The fourth-order valence-corrected chi connectivity index (χ4v) is 4.47. The van der Waals surface area contributed by atoms with E-state index in [1.54, 1.807) is 25.5 Å². The number of morpholine rings is 1. The molecule has 0 aliphatic carbocycles. The number of hydrogen-bond donors (Lipinski definition) is 2. The van der Waals surface area contributed by atoms with Crippen LogP contribution in [0.2, 0.25) is 0 Å². The number of carbonyl (C=O) groups is 1. The van der Waals surface area contributed by atoms with Gasteiger partial charge in [0.25, 0.3) is 5.91 Å². The predicted octanol–water partition coefficient (Wildman–Crippen LogP) is 3.49. The molecular weight excluding hydrogens is 474 g/mol. The summed E-state index contributed by atoms with van der Waals surface area (Å²) in [6.07, 6.45) is 3.30. The molecule has 0 atom stereocenters. The van der Waals surface area contributed by atoms with Crippen molar-refractivity contribution in [1.82, 2.24) is 19.6 Å². The van der Waals surface area contributed by atoms with Gasteiger partial charge in [-0.05, 0) is 38.1 Å². The van der Waals surface area contributed by atoms with Gasteiger partial charge in [0.15, 0.2) is 17.1 Å². The molecule has 11 heteroatoms. The zero-order chi connectivity index (χ0) is 25.6. The van der Waals surface area contributed by atoms with E-state index in [0.717, 1.165) is 35.8 Å². The molecule has 0 saturated carbocycles. The first-order chi connectivity index (χ1) is 17.9. The molecule has 2 aromatic carbocycles. The van der Waals surface area contributed by atoms with Crippen LogP contribution in [0.5, 0.6) is 11.5 Å². The summed E-state index contributed by atoms with van der Waals surface area (Å²) in [6.45, 7) is 6.50. The van der Waals surface area contributed by atoms with Crippen molar-refractivity contribution in [1.29, 1.82) is 0 Å². The fourth-order valence-electron chi connectivity index (χ4n) is 4.47. The molecule has 2 N–H and O–H groups in total. The monoisotopic (exact) mass is 501 g/mol. The molecule has 0 bridgehead atoms. The molecule has 0 spiro atoms. The summed E-state index contributed by atoms with van der Waals surface area (Å²) in [5.74, 6) is 1.71. The first-order valence-electron chi connectivity index (χ1n) is 12.0. The molecule has 1 fully saturated rings. The molecule has 6 rings (SSSR count). The van der Waals surface area contributed by atoms with Gasteiger partial charge in [0.05, 0.1) is 43.6 Å². The summed E-state index contributed by atoms with van der Waals surface area (Å²) in [7, 11) is 1.67. The second-order valence-electron chi connectivity index (χ2n) is 9.39. The SMILES string of the molecule is COc1cc(Nc2nc(-c3ccc4c(c3)OC(C)(C)C(=O)N4)cn3ncnc23)ccc1N1CCOCC1. The minimum atomic E-state index is -0.964. The van der Waals surface area contributed by atoms with Gasteiger partial charge >= 0.3 is 0 Å². The Labute approximate surface area is 213 Å². The summed E-state index contributed by atoms with van der Waals surface area (Å²) in [4.78, 5) is 23.7. The van der Waals surface area contributed by atoms with Crippen LogP contribution in [0.3, 0.4) is 0 Å². The standard InChI is InChI=1S/C26H27N7O4/c1-26(2)25(34)31-18-6-4-16(12-21(18)37-26)19-14-33-24(27-15-28-33)23(30-19)29-17-5-7-20(22(13-17)35-3)32-8-10-36-11-9-32/h4-7,12-15H,8-11H2,1-3H3,(H,29,30)(H,31,34). The smallest absolute Gasteiger partial charge is 0.268 e. The van der Waals surface area contributed by atoms with Gasteiger partial charge in [-0.15, -0.1) is 0 Å². The summed E-state index contributed by atoms with van der Waals surface area (Å²) in [6, 6.07) is 11.5. The highest BCUT2D eigenvalue weighted by atomic mass is 16.5. The number of ether oxygens (including phenoxy) is 3. The third kappa shape index (κ3) is 4.27. The highest BCUT2D eigenvalue weighted by Gasteiger charge is 2.35. The number of nitrogens with one attached hydrogen (secondary N) is 2. The van der Waals surface area contributed by atoms with Crippen LogP contribution in [-0.2, 0) is 9.53 Å². The number of carbonyl (C=O) groups excluding carboxylic acids is 1. The lowest BCUT2D eigenvalue weighted by Crippen LogP contribution is -2.45. The Hall–Kier alpha value is -4.38. The maximum Gasteiger partial charge on any atom is 0.268 e. The molecule has 2 aliphatic rings. The van der Waals surface area contributed by atoms with E-state index in [0.29, 0.717) is 41.8 Å². The Balaban J connectivity index is 1.34. The third-order valence-corrected chi connectivity index (χ3v) is 6.49. The van der Waals surface area contributed by atoms with Gasteiger partial charge in [0.2, 0.25) is 0 Å².